The van der Waals surface area contributed by atoms with Gasteiger partial charge in [0.05, 0.1) is 12.5 Å². The second kappa shape index (κ2) is 8.26. The van der Waals surface area contributed by atoms with E-state index in [-0.39, 0.29) is 12.3 Å². The molecule has 0 fully saturated rings. The summed E-state index contributed by atoms with van der Waals surface area (Å²) in [7, 11) is 1.46. The van der Waals surface area contributed by atoms with E-state index in [9.17, 15) is 14.7 Å². The maximum absolute atomic E-state index is 12.6. The van der Waals surface area contributed by atoms with E-state index in [4.69, 9.17) is 4.74 Å². The number of hydrogen-bond acceptors (Lipinski definition) is 3. The van der Waals surface area contributed by atoms with E-state index >= 15 is 0 Å². The van der Waals surface area contributed by atoms with Crippen LogP contribution in [0.1, 0.15) is 35.3 Å². The first-order valence-corrected chi connectivity index (χ1v) is 7.68. The van der Waals surface area contributed by atoms with Gasteiger partial charge in [-0.15, -0.1) is 0 Å². The summed E-state index contributed by atoms with van der Waals surface area (Å²) >= 11 is 0. The number of aryl methyl sites for hydroxylation is 1. The van der Waals surface area contributed by atoms with E-state index in [1.54, 1.807) is 12.1 Å². The van der Waals surface area contributed by atoms with Gasteiger partial charge in [0, 0.05) is 7.11 Å². The van der Waals surface area contributed by atoms with Crippen molar-refractivity contribution in [1.82, 2.24) is 5.32 Å². The van der Waals surface area contributed by atoms with E-state index in [2.05, 4.69) is 5.32 Å². The van der Waals surface area contributed by atoms with E-state index in [0.29, 0.717) is 0 Å². The van der Waals surface area contributed by atoms with E-state index in [1.807, 2.05) is 49.4 Å². The quantitative estimate of drug-likeness (QED) is 0.819. The summed E-state index contributed by atoms with van der Waals surface area (Å²) in [5, 5.41) is 12.0. The Bertz CT molecular complexity index is 700. The molecule has 0 bridgehead atoms. The van der Waals surface area contributed by atoms with E-state index < -0.39 is 18.1 Å². The van der Waals surface area contributed by atoms with Gasteiger partial charge in [0.2, 0.25) is 0 Å². The molecule has 24 heavy (non-hydrogen) atoms. The highest BCUT2D eigenvalue weighted by atomic mass is 16.5. The average Bonchev–Trinajstić information content (AvgIpc) is 2.56. The number of rotatable bonds is 7. The summed E-state index contributed by atoms with van der Waals surface area (Å²) < 4.78 is 5.31. The van der Waals surface area contributed by atoms with Crippen LogP contribution in [-0.4, -0.2) is 24.1 Å². The van der Waals surface area contributed by atoms with Crippen molar-refractivity contribution in [2.45, 2.75) is 25.5 Å². The second-order valence-electron chi connectivity index (χ2n) is 5.54. The van der Waals surface area contributed by atoms with Crippen molar-refractivity contribution in [3.05, 3.63) is 71.3 Å². The number of carbonyl (C=O) groups excluding carboxylic acids is 1. The molecule has 2 N–H and O–H groups in total. The van der Waals surface area contributed by atoms with Crippen molar-refractivity contribution in [1.29, 1.82) is 0 Å². The van der Waals surface area contributed by atoms with E-state index in [1.165, 1.54) is 7.11 Å². The maximum Gasteiger partial charge on any atom is 0.305 e. The van der Waals surface area contributed by atoms with Crippen LogP contribution < -0.4 is 5.32 Å². The number of carbonyl (C=O) groups is 2. The molecule has 0 radical (unpaired) electrons. The lowest BCUT2D eigenvalue weighted by Crippen LogP contribution is -2.35. The Morgan fingerprint density at radius 3 is 2.29 bits per heavy atom. The van der Waals surface area contributed by atoms with Crippen molar-refractivity contribution in [2.75, 3.05) is 7.11 Å². The number of carboxylic acid groups (broad SMARTS) is 1. The molecule has 0 saturated heterocycles. The lowest BCUT2D eigenvalue weighted by Gasteiger charge is -2.23. The lowest BCUT2D eigenvalue weighted by atomic mass is 9.98. The zero-order valence-corrected chi connectivity index (χ0v) is 13.7. The van der Waals surface area contributed by atoms with Crippen molar-refractivity contribution in [3.63, 3.8) is 0 Å². The molecule has 5 heteroatoms. The minimum absolute atomic E-state index is 0.193. The summed E-state index contributed by atoms with van der Waals surface area (Å²) in [5.41, 5.74) is 2.44. The van der Waals surface area contributed by atoms with Crippen LogP contribution >= 0.6 is 0 Å². The summed E-state index contributed by atoms with van der Waals surface area (Å²) in [4.78, 5) is 23.8. The maximum atomic E-state index is 12.6. The number of nitrogens with one attached hydrogen (secondary N) is 1. The number of hydrogen-bond donors (Lipinski definition) is 2. The summed E-state index contributed by atoms with van der Waals surface area (Å²) in [6.45, 7) is 1.89. The molecule has 0 aliphatic rings. The molecular formula is C19H21NO4. The predicted octanol–water partition coefficient (Wildman–Crippen LogP) is 3.01. The molecule has 0 heterocycles. The van der Waals surface area contributed by atoms with Gasteiger partial charge < -0.3 is 15.2 Å². The number of benzene rings is 2. The third kappa shape index (κ3) is 4.43. The third-order valence-electron chi connectivity index (χ3n) is 3.84. The van der Waals surface area contributed by atoms with Crippen molar-refractivity contribution in [2.24, 2.45) is 0 Å². The van der Waals surface area contributed by atoms with Gasteiger partial charge >= 0.3 is 5.97 Å². The fourth-order valence-electron chi connectivity index (χ4n) is 2.66. The molecule has 1 unspecified atom stereocenters. The molecule has 2 aromatic rings. The molecule has 0 spiro atoms. The molecule has 5 nitrogen and oxygen atoms in total. The molecule has 0 aromatic heterocycles. The molecule has 2 atom stereocenters. The molecule has 0 aliphatic carbocycles. The monoisotopic (exact) mass is 327 g/mol. The van der Waals surface area contributed by atoms with Gasteiger partial charge in [-0.2, -0.15) is 0 Å². The van der Waals surface area contributed by atoms with Gasteiger partial charge in [-0.1, -0.05) is 54.6 Å². The highest BCUT2D eigenvalue weighted by Crippen LogP contribution is 2.23. The van der Waals surface area contributed by atoms with Gasteiger partial charge in [-0.05, 0) is 23.6 Å². The first-order chi connectivity index (χ1) is 11.5. The first kappa shape index (κ1) is 17.7. The molecule has 2 rings (SSSR count). The normalized spacial score (nSPS) is 13.1. The Labute approximate surface area is 141 Å². The van der Waals surface area contributed by atoms with Crippen LogP contribution in [0.2, 0.25) is 0 Å². The second-order valence-corrected chi connectivity index (χ2v) is 5.54. The van der Waals surface area contributed by atoms with E-state index in [0.717, 1.165) is 16.7 Å². The largest absolute Gasteiger partial charge is 0.481 e. The Balaban J connectivity index is 2.24. The molecule has 0 aliphatic heterocycles. The van der Waals surface area contributed by atoms with Crippen molar-refractivity contribution in [3.8, 4) is 0 Å². The Morgan fingerprint density at radius 2 is 1.71 bits per heavy atom. The van der Waals surface area contributed by atoms with Gasteiger partial charge in [-0.25, -0.2) is 0 Å². The predicted molar refractivity (Wildman–Crippen MR) is 90.5 cm³/mol. The van der Waals surface area contributed by atoms with Crippen LogP contribution in [0.3, 0.4) is 0 Å². The zero-order valence-electron chi connectivity index (χ0n) is 13.7. The SMILES string of the molecule is CO[C@@H](C(=O)NC(CC(=O)O)c1ccccc1C)c1ccccc1. The Hall–Kier alpha value is -2.66. The summed E-state index contributed by atoms with van der Waals surface area (Å²) in [6.07, 6.45) is -0.978. The number of methoxy groups -OCH3 is 1. The van der Waals surface area contributed by atoms with Gasteiger partial charge in [0.1, 0.15) is 0 Å². The van der Waals surface area contributed by atoms with Gasteiger partial charge in [0.25, 0.3) is 5.91 Å². The Morgan fingerprint density at radius 1 is 1.08 bits per heavy atom. The number of amides is 1. The number of carboxylic acids is 1. The van der Waals surface area contributed by atoms with Crippen LogP contribution in [-0.2, 0) is 14.3 Å². The lowest BCUT2D eigenvalue weighted by molar-refractivity contribution is -0.138. The van der Waals surface area contributed by atoms with Crippen LogP contribution in [0.15, 0.2) is 54.6 Å². The molecule has 0 saturated carbocycles. The third-order valence-corrected chi connectivity index (χ3v) is 3.84. The van der Waals surface area contributed by atoms with Crippen molar-refractivity contribution >= 4 is 11.9 Å². The van der Waals surface area contributed by atoms with Crippen LogP contribution in [0.5, 0.6) is 0 Å². The van der Waals surface area contributed by atoms with Crippen molar-refractivity contribution < 1.29 is 19.4 Å². The average molecular weight is 327 g/mol. The number of aliphatic carboxylic acids is 1. The smallest absolute Gasteiger partial charge is 0.305 e. The highest BCUT2D eigenvalue weighted by molar-refractivity contribution is 5.83. The Kier molecular flexibility index (Phi) is 6.09. The minimum Gasteiger partial charge on any atom is -0.481 e. The fraction of sp³-hybridized carbons (Fsp3) is 0.263. The molecular weight excluding hydrogens is 306 g/mol. The van der Waals surface area contributed by atoms with Gasteiger partial charge in [-0.3, -0.25) is 9.59 Å². The standard InChI is InChI=1S/C19H21NO4/c1-13-8-6-7-11-15(13)16(12-17(21)22)20-19(23)18(24-2)14-9-4-3-5-10-14/h3-11,16,18H,12H2,1-2H3,(H,20,23)(H,21,22)/t16?,18-/m1/s1. The van der Waals surface area contributed by atoms with Crippen LogP contribution in [0.25, 0.3) is 0 Å². The zero-order chi connectivity index (χ0) is 17.5. The minimum atomic E-state index is -0.975. The van der Waals surface area contributed by atoms with Crippen LogP contribution in [0.4, 0.5) is 0 Å². The fourth-order valence-corrected chi connectivity index (χ4v) is 2.66. The molecule has 1 amide bonds. The first-order valence-electron chi connectivity index (χ1n) is 7.68. The molecule has 2 aromatic carbocycles. The summed E-state index contributed by atoms with van der Waals surface area (Å²) in [6, 6.07) is 15.9. The summed E-state index contributed by atoms with van der Waals surface area (Å²) in [5.74, 6) is -1.34. The van der Waals surface area contributed by atoms with Crippen LogP contribution in [0, 0.1) is 6.92 Å². The highest BCUT2D eigenvalue weighted by Gasteiger charge is 2.25. The topological polar surface area (TPSA) is 75.6 Å². The molecule has 126 valence electrons. The number of ether oxygens (including phenoxy) is 1. The van der Waals surface area contributed by atoms with Gasteiger partial charge in [0.15, 0.2) is 6.10 Å².